The highest BCUT2D eigenvalue weighted by atomic mass is 16.2. The molecule has 0 saturated heterocycles. The Bertz CT molecular complexity index is 2010. The van der Waals surface area contributed by atoms with Gasteiger partial charge >= 0.3 is 11.4 Å². The van der Waals surface area contributed by atoms with E-state index < -0.39 is 0 Å². The second-order valence-corrected chi connectivity index (χ2v) is 10.2. The van der Waals surface area contributed by atoms with Gasteiger partial charge in [-0.3, -0.25) is 18.5 Å². The first-order valence-electron chi connectivity index (χ1n) is 13.7. The van der Waals surface area contributed by atoms with Crippen molar-refractivity contribution in [1.82, 2.24) is 24.0 Å². The van der Waals surface area contributed by atoms with Crippen LogP contribution in [-0.4, -0.2) is 31.6 Å². The fourth-order valence-corrected chi connectivity index (χ4v) is 5.45. The molecule has 2 heterocycles. The number of aromatic nitrogens is 4. The average molecular weight is 546 g/mol. The fraction of sp³-hybridized carbons (Fsp3) is 0.182. The zero-order valence-corrected chi connectivity index (χ0v) is 23.1. The van der Waals surface area contributed by atoms with E-state index in [-0.39, 0.29) is 23.7 Å². The van der Waals surface area contributed by atoms with Crippen molar-refractivity contribution in [2.75, 3.05) is 7.05 Å². The Hall–Kier alpha value is -5.11. The molecule has 1 amide bonds. The van der Waals surface area contributed by atoms with Crippen molar-refractivity contribution in [3.05, 3.63) is 134 Å². The smallest absolute Gasteiger partial charge is 0.334 e. The highest BCUT2D eigenvalue weighted by Gasteiger charge is 2.20. The number of likely N-dealkylation sites (N-methyl/N-ethyl adjacent to an activating group) is 1. The number of imidazole rings is 2. The Morgan fingerprint density at radius 3 is 2.27 bits per heavy atom. The van der Waals surface area contributed by atoms with E-state index in [4.69, 9.17) is 0 Å². The summed E-state index contributed by atoms with van der Waals surface area (Å²) in [5.74, 6) is -0.151. The molecule has 0 aliphatic rings. The summed E-state index contributed by atoms with van der Waals surface area (Å²) in [7, 11) is 1.60. The number of nitrogens with one attached hydrogen (secondary N) is 2. The van der Waals surface area contributed by atoms with E-state index in [9.17, 15) is 14.4 Å². The van der Waals surface area contributed by atoms with E-state index in [1.165, 1.54) is 0 Å². The predicted molar refractivity (Wildman–Crippen MR) is 162 cm³/mol. The lowest BCUT2D eigenvalue weighted by molar-refractivity contribution is -0.119. The second kappa shape index (κ2) is 10.8. The molecule has 0 unspecified atom stereocenters. The molecule has 41 heavy (non-hydrogen) atoms. The summed E-state index contributed by atoms with van der Waals surface area (Å²) in [6, 6.07) is 29.3. The lowest BCUT2D eigenvalue weighted by atomic mass is 10.0. The number of fused-ring (bicyclic) bond motifs is 2. The third-order valence-electron chi connectivity index (χ3n) is 7.63. The minimum atomic E-state index is -0.202. The topological polar surface area (TPSA) is 93.8 Å². The van der Waals surface area contributed by atoms with Gasteiger partial charge in [0.25, 0.3) is 0 Å². The molecule has 0 fully saturated rings. The van der Waals surface area contributed by atoms with Crippen molar-refractivity contribution in [1.29, 1.82) is 0 Å². The van der Waals surface area contributed by atoms with E-state index in [1.54, 1.807) is 20.7 Å². The lowest BCUT2D eigenvalue weighted by Gasteiger charge is -2.14. The third-order valence-corrected chi connectivity index (χ3v) is 7.63. The van der Waals surface area contributed by atoms with E-state index in [2.05, 4.69) is 29.4 Å². The molecule has 4 aromatic carbocycles. The number of para-hydroxylation sites is 2. The molecule has 0 aliphatic heterocycles. The van der Waals surface area contributed by atoms with Crippen LogP contribution in [0.4, 0.5) is 0 Å². The van der Waals surface area contributed by atoms with Crippen LogP contribution >= 0.6 is 0 Å². The van der Waals surface area contributed by atoms with Crippen molar-refractivity contribution in [3.63, 3.8) is 0 Å². The largest absolute Gasteiger partial charge is 0.359 e. The molecule has 8 nitrogen and oxygen atoms in total. The van der Waals surface area contributed by atoms with Gasteiger partial charge in [0.05, 0.1) is 47.3 Å². The fourth-order valence-electron chi connectivity index (χ4n) is 5.45. The molecule has 0 atom stereocenters. The first-order valence-corrected chi connectivity index (χ1v) is 13.7. The molecule has 8 heteroatoms. The number of hydrogen-bond acceptors (Lipinski definition) is 3. The molecule has 0 bridgehead atoms. The SMILES string of the molecule is CCc1ccc2c(c1)n(-c1cc(Cn3c(=O)[nH]c4ccccc43)ccc1CC(=O)NC)c(=O)n2Cc1ccccc1. The van der Waals surface area contributed by atoms with Crippen LogP contribution in [0.2, 0.25) is 0 Å². The van der Waals surface area contributed by atoms with Crippen LogP contribution in [0.5, 0.6) is 0 Å². The van der Waals surface area contributed by atoms with E-state index in [0.717, 1.165) is 50.7 Å². The maximum absolute atomic E-state index is 14.2. The molecule has 0 spiro atoms. The molecule has 206 valence electrons. The van der Waals surface area contributed by atoms with Crippen molar-refractivity contribution in [3.8, 4) is 5.69 Å². The number of benzene rings is 4. The summed E-state index contributed by atoms with van der Waals surface area (Å²) >= 11 is 0. The van der Waals surface area contributed by atoms with Gasteiger partial charge in [-0.25, -0.2) is 9.59 Å². The molecule has 0 radical (unpaired) electrons. The van der Waals surface area contributed by atoms with Gasteiger partial charge in [-0.1, -0.05) is 67.6 Å². The average Bonchev–Trinajstić information content (AvgIpc) is 3.46. The Balaban J connectivity index is 1.56. The van der Waals surface area contributed by atoms with Gasteiger partial charge in [0.15, 0.2) is 0 Å². The minimum absolute atomic E-state index is 0.115. The van der Waals surface area contributed by atoms with Crippen LogP contribution in [0.1, 0.15) is 29.2 Å². The number of hydrogen-bond donors (Lipinski definition) is 2. The quantitative estimate of drug-likeness (QED) is 0.297. The zero-order valence-electron chi connectivity index (χ0n) is 23.1. The van der Waals surface area contributed by atoms with Crippen LogP contribution in [-0.2, 0) is 30.7 Å². The summed E-state index contributed by atoms with van der Waals surface area (Å²) in [6.07, 6.45) is 0.938. The maximum atomic E-state index is 14.2. The van der Waals surface area contributed by atoms with Gasteiger partial charge in [-0.05, 0) is 59.0 Å². The normalized spacial score (nSPS) is 11.4. The Kier molecular flexibility index (Phi) is 6.89. The van der Waals surface area contributed by atoms with Crippen LogP contribution in [0.15, 0.2) is 101 Å². The van der Waals surface area contributed by atoms with Crippen LogP contribution in [0.25, 0.3) is 27.8 Å². The summed E-state index contributed by atoms with van der Waals surface area (Å²) < 4.78 is 5.19. The molecule has 0 saturated carbocycles. The molecule has 2 aromatic heterocycles. The standard InChI is InChI=1S/C33H31N5O3/c1-3-22-14-16-28-30(17-22)38(33(41)37(28)20-23-9-5-4-6-10-23)29-18-24(13-15-25(29)19-31(39)34-2)21-36-27-12-8-7-11-26(27)35-32(36)40/h4-18H,3,19-21H2,1-2H3,(H,34,39)(H,35,40). The van der Waals surface area contributed by atoms with Gasteiger partial charge in [-0.15, -0.1) is 0 Å². The Labute approximate surface area is 236 Å². The summed E-state index contributed by atoms with van der Waals surface area (Å²) in [5, 5.41) is 2.70. The van der Waals surface area contributed by atoms with Crippen molar-refractivity contribution in [2.24, 2.45) is 0 Å². The highest BCUT2D eigenvalue weighted by Crippen LogP contribution is 2.25. The lowest BCUT2D eigenvalue weighted by Crippen LogP contribution is -2.26. The minimum Gasteiger partial charge on any atom is -0.359 e. The molecular formula is C33H31N5O3. The molecular weight excluding hydrogens is 514 g/mol. The molecule has 6 rings (SSSR count). The molecule has 2 N–H and O–H groups in total. The van der Waals surface area contributed by atoms with E-state index in [1.807, 2.05) is 78.9 Å². The molecule has 0 aliphatic carbocycles. The Morgan fingerprint density at radius 2 is 1.49 bits per heavy atom. The van der Waals surface area contributed by atoms with Crippen LogP contribution < -0.4 is 16.7 Å². The second-order valence-electron chi connectivity index (χ2n) is 10.2. The third kappa shape index (κ3) is 4.89. The summed E-state index contributed by atoms with van der Waals surface area (Å²) in [6.45, 7) is 2.82. The molecule has 6 aromatic rings. The predicted octanol–water partition coefficient (Wildman–Crippen LogP) is 4.38. The van der Waals surface area contributed by atoms with Gasteiger partial charge < -0.3 is 10.3 Å². The summed E-state index contributed by atoms with van der Waals surface area (Å²) in [4.78, 5) is 42.5. The monoisotopic (exact) mass is 545 g/mol. The van der Waals surface area contributed by atoms with Gasteiger partial charge in [-0.2, -0.15) is 0 Å². The van der Waals surface area contributed by atoms with Crippen molar-refractivity contribution < 1.29 is 4.79 Å². The van der Waals surface area contributed by atoms with Gasteiger partial charge in [0.2, 0.25) is 5.91 Å². The number of aryl methyl sites for hydroxylation is 1. The highest BCUT2D eigenvalue weighted by molar-refractivity contribution is 5.82. The zero-order chi connectivity index (χ0) is 28.5. The number of H-pyrrole nitrogens is 1. The van der Waals surface area contributed by atoms with Crippen LogP contribution in [0, 0.1) is 0 Å². The number of carbonyl (C=O) groups is 1. The van der Waals surface area contributed by atoms with E-state index >= 15 is 0 Å². The number of rotatable bonds is 8. The van der Waals surface area contributed by atoms with E-state index in [0.29, 0.717) is 18.8 Å². The van der Waals surface area contributed by atoms with Crippen LogP contribution in [0.3, 0.4) is 0 Å². The van der Waals surface area contributed by atoms with Gasteiger partial charge in [0.1, 0.15) is 0 Å². The summed E-state index contributed by atoms with van der Waals surface area (Å²) in [5.41, 5.74) is 7.11. The van der Waals surface area contributed by atoms with Gasteiger partial charge in [0, 0.05) is 7.05 Å². The Morgan fingerprint density at radius 1 is 0.756 bits per heavy atom. The maximum Gasteiger partial charge on any atom is 0.334 e. The number of carbonyl (C=O) groups excluding carboxylic acids is 1. The number of aromatic amines is 1. The van der Waals surface area contributed by atoms with Crippen molar-refractivity contribution >= 4 is 28.0 Å². The number of nitrogens with zero attached hydrogens (tertiary/aromatic N) is 3. The number of amides is 1. The van der Waals surface area contributed by atoms with Crippen molar-refractivity contribution in [2.45, 2.75) is 32.9 Å². The first kappa shape index (κ1) is 26.1. The first-order chi connectivity index (χ1) is 20.0.